The van der Waals surface area contributed by atoms with E-state index in [1.54, 1.807) is 0 Å². The average Bonchev–Trinajstić information content (AvgIpc) is 2.49. The number of thioether (sulfide) groups is 1. The second-order valence-corrected chi connectivity index (χ2v) is 7.62. The summed E-state index contributed by atoms with van der Waals surface area (Å²) in [7, 11) is 0. The summed E-state index contributed by atoms with van der Waals surface area (Å²) >= 11 is 1.91. The molecular weight excluding hydrogens is 256 g/mol. The van der Waals surface area contributed by atoms with Crippen molar-refractivity contribution in [1.29, 1.82) is 0 Å². The minimum atomic E-state index is 0.0826. The van der Waals surface area contributed by atoms with Gasteiger partial charge in [0.05, 0.1) is 6.04 Å². The lowest BCUT2D eigenvalue weighted by atomic mass is 9.68. The number of amides is 1. The summed E-state index contributed by atoms with van der Waals surface area (Å²) in [5, 5.41) is 3.38. The number of rotatable bonds is 1. The Hall–Kier alpha value is -0.220. The Morgan fingerprint density at radius 1 is 1.11 bits per heavy atom. The number of piperidine rings is 1. The largest absolute Gasteiger partial charge is 0.341 e. The van der Waals surface area contributed by atoms with Crippen molar-refractivity contribution in [1.82, 2.24) is 10.2 Å². The van der Waals surface area contributed by atoms with Gasteiger partial charge in [0.1, 0.15) is 0 Å². The summed E-state index contributed by atoms with van der Waals surface area (Å²) < 4.78 is 0. The summed E-state index contributed by atoms with van der Waals surface area (Å²) in [4.78, 5) is 14.6. The van der Waals surface area contributed by atoms with Gasteiger partial charge in [-0.2, -0.15) is 11.8 Å². The lowest BCUT2D eigenvalue weighted by Crippen LogP contribution is -2.53. The minimum absolute atomic E-state index is 0.0826. The van der Waals surface area contributed by atoms with Crippen molar-refractivity contribution in [2.45, 2.75) is 51.0 Å². The number of hydrogen-bond donors (Lipinski definition) is 1. The summed E-state index contributed by atoms with van der Waals surface area (Å²) in [5.41, 5.74) is 0.601. The molecule has 1 spiro atoms. The zero-order valence-electron chi connectivity index (χ0n) is 11.8. The standard InChI is InChI=1S/C15H26N2OS/c18-14(13-12-19-11-8-16-13)17-9-6-15(7-10-17)4-2-1-3-5-15/h13,16H,1-12H2. The average molecular weight is 282 g/mol. The highest BCUT2D eigenvalue weighted by molar-refractivity contribution is 7.99. The van der Waals surface area contributed by atoms with Crippen LogP contribution < -0.4 is 5.32 Å². The Labute approximate surface area is 120 Å². The van der Waals surface area contributed by atoms with E-state index in [0.717, 1.165) is 31.1 Å². The zero-order chi connectivity index (χ0) is 13.1. The maximum atomic E-state index is 12.5. The van der Waals surface area contributed by atoms with Gasteiger partial charge in [0.15, 0.2) is 0 Å². The highest BCUT2D eigenvalue weighted by Gasteiger charge is 2.38. The molecule has 0 bridgehead atoms. The molecule has 3 rings (SSSR count). The maximum absolute atomic E-state index is 12.5. The summed E-state index contributed by atoms with van der Waals surface area (Å²) in [6.45, 7) is 2.99. The quantitative estimate of drug-likeness (QED) is 0.801. The predicted molar refractivity (Wildman–Crippen MR) is 80.4 cm³/mol. The van der Waals surface area contributed by atoms with Gasteiger partial charge in [-0.15, -0.1) is 0 Å². The first-order valence-electron chi connectivity index (χ1n) is 7.89. The van der Waals surface area contributed by atoms with Crippen molar-refractivity contribution >= 4 is 17.7 Å². The van der Waals surface area contributed by atoms with Crippen molar-refractivity contribution in [3.05, 3.63) is 0 Å². The monoisotopic (exact) mass is 282 g/mol. The van der Waals surface area contributed by atoms with Crippen molar-refractivity contribution in [2.75, 3.05) is 31.1 Å². The van der Waals surface area contributed by atoms with E-state index in [-0.39, 0.29) is 6.04 Å². The van der Waals surface area contributed by atoms with Gasteiger partial charge in [-0.1, -0.05) is 19.3 Å². The molecule has 1 amide bonds. The number of nitrogens with one attached hydrogen (secondary N) is 1. The molecule has 3 fully saturated rings. The molecule has 19 heavy (non-hydrogen) atoms. The number of nitrogens with zero attached hydrogens (tertiary/aromatic N) is 1. The van der Waals surface area contributed by atoms with E-state index in [1.807, 2.05) is 11.8 Å². The fourth-order valence-corrected chi connectivity index (χ4v) is 4.87. The first kappa shape index (κ1) is 13.7. The molecule has 0 aromatic carbocycles. The van der Waals surface area contributed by atoms with E-state index in [2.05, 4.69) is 10.2 Å². The van der Waals surface area contributed by atoms with Crippen LogP contribution in [0, 0.1) is 5.41 Å². The summed E-state index contributed by atoms with van der Waals surface area (Å²) in [5.74, 6) is 2.46. The summed E-state index contributed by atoms with van der Waals surface area (Å²) in [6, 6.07) is 0.0826. The van der Waals surface area contributed by atoms with Gasteiger partial charge in [-0.25, -0.2) is 0 Å². The number of likely N-dealkylation sites (tertiary alicyclic amines) is 1. The second-order valence-electron chi connectivity index (χ2n) is 6.47. The molecular formula is C15H26N2OS. The van der Waals surface area contributed by atoms with Gasteiger partial charge in [0.25, 0.3) is 0 Å². The Morgan fingerprint density at radius 3 is 2.47 bits per heavy atom. The van der Waals surface area contributed by atoms with Crippen molar-refractivity contribution in [3.8, 4) is 0 Å². The van der Waals surface area contributed by atoms with Crippen LogP contribution in [0.1, 0.15) is 44.9 Å². The van der Waals surface area contributed by atoms with E-state index in [4.69, 9.17) is 0 Å². The second kappa shape index (κ2) is 6.04. The van der Waals surface area contributed by atoms with Crippen LogP contribution in [0.5, 0.6) is 0 Å². The molecule has 1 saturated carbocycles. The van der Waals surface area contributed by atoms with Gasteiger partial charge in [0.2, 0.25) is 5.91 Å². The highest BCUT2D eigenvalue weighted by atomic mass is 32.2. The molecule has 1 atom stereocenters. The van der Waals surface area contributed by atoms with Crippen LogP contribution in [0.3, 0.4) is 0 Å². The SMILES string of the molecule is O=C(C1CSCCN1)N1CCC2(CCCCC2)CC1. The number of carbonyl (C=O) groups excluding carboxylic acids is 1. The fraction of sp³-hybridized carbons (Fsp3) is 0.933. The van der Waals surface area contributed by atoms with E-state index < -0.39 is 0 Å². The van der Waals surface area contributed by atoms with E-state index >= 15 is 0 Å². The Kier molecular flexibility index (Phi) is 4.37. The van der Waals surface area contributed by atoms with Crippen LogP contribution in [0.25, 0.3) is 0 Å². The van der Waals surface area contributed by atoms with E-state index in [0.29, 0.717) is 11.3 Å². The van der Waals surface area contributed by atoms with Gasteiger partial charge >= 0.3 is 0 Å². The zero-order valence-corrected chi connectivity index (χ0v) is 12.6. The van der Waals surface area contributed by atoms with Gasteiger partial charge in [-0.05, 0) is 31.1 Å². The molecule has 0 radical (unpaired) electrons. The van der Waals surface area contributed by atoms with Gasteiger partial charge < -0.3 is 10.2 Å². The van der Waals surface area contributed by atoms with Crippen LogP contribution in [0.15, 0.2) is 0 Å². The van der Waals surface area contributed by atoms with Crippen molar-refractivity contribution in [3.63, 3.8) is 0 Å². The Bertz CT molecular complexity index is 312. The van der Waals surface area contributed by atoms with Gasteiger partial charge in [-0.3, -0.25) is 4.79 Å². The number of hydrogen-bond acceptors (Lipinski definition) is 3. The molecule has 0 aromatic heterocycles. The predicted octanol–water partition coefficient (Wildman–Crippen LogP) is 2.26. The molecule has 108 valence electrons. The van der Waals surface area contributed by atoms with E-state index in [1.165, 1.54) is 44.9 Å². The van der Waals surface area contributed by atoms with Crippen LogP contribution >= 0.6 is 11.8 Å². The fourth-order valence-electron chi connectivity index (χ4n) is 3.95. The van der Waals surface area contributed by atoms with Crippen LogP contribution in [-0.2, 0) is 4.79 Å². The Balaban J connectivity index is 1.52. The summed E-state index contributed by atoms with van der Waals surface area (Å²) in [6.07, 6.45) is 9.56. The van der Waals surface area contributed by atoms with Crippen LogP contribution in [0.2, 0.25) is 0 Å². The molecule has 4 heteroatoms. The molecule has 3 aliphatic rings. The topological polar surface area (TPSA) is 32.3 Å². The van der Waals surface area contributed by atoms with Crippen LogP contribution in [0.4, 0.5) is 0 Å². The molecule has 1 unspecified atom stereocenters. The first-order valence-corrected chi connectivity index (χ1v) is 9.05. The lowest BCUT2D eigenvalue weighted by molar-refractivity contribution is -0.135. The molecule has 2 saturated heterocycles. The molecule has 1 aliphatic carbocycles. The lowest BCUT2D eigenvalue weighted by Gasteiger charge is -2.45. The third-order valence-electron chi connectivity index (χ3n) is 5.27. The third-order valence-corrected chi connectivity index (χ3v) is 6.33. The first-order chi connectivity index (χ1) is 9.29. The van der Waals surface area contributed by atoms with Crippen molar-refractivity contribution < 1.29 is 4.79 Å². The molecule has 2 heterocycles. The molecule has 2 aliphatic heterocycles. The Morgan fingerprint density at radius 2 is 1.84 bits per heavy atom. The maximum Gasteiger partial charge on any atom is 0.240 e. The third kappa shape index (κ3) is 3.10. The normalized spacial score (nSPS) is 31.4. The minimum Gasteiger partial charge on any atom is -0.341 e. The number of carbonyl (C=O) groups is 1. The highest BCUT2D eigenvalue weighted by Crippen LogP contribution is 2.44. The van der Waals surface area contributed by atoms with Crippen molar-refractivity contribution in [2.24, 2.45) is 5.41 Å². The smallest absolute Gasteiger partial charge is 0.240 e. The molecule has 0 aromatic rings. The molecule has 3 nitrogen and oxygen atoms in total. The van der Waals surface area contributed by atoms with E-state index in [9.17, 15) is 4.79 Å². The molecule has 1 N–H and O–H groups in total. The van der Waals surface area contributed by atoms with Gasteiger partial charge in [0, 0.05) is 31.1 Å². The van der Waals surface area contributed by atoms with Crippen LogP contribution in [-0.4, -0.2) is 48.0 Å².